The van der Waals surface area contributed by atoms with Crippen LogP contribution in [0.2, 0.25) is 0 Å². The van der Waals surface area contributed by atoms with Gasteiger partial charge in [0.25, 0.3) is 0 Å². The van der Waals surface area contributed by atoms with Crippen molar-refractivity contribution >= 4 is 29.4 Å². The molecule has 1 saturated heterocycles. The monoisotopic (exact) mass is 407 g/mol. The van der Waals surface area contributed by atoms with Gasteiger partial charge in [-0.3, -0.25) is 14.6 Å². The maximum atomic E-state index is 12.9. The van der Waals surface area contributed by atoms with E-state index in [0.29, 0.717) is 13.1 Å². The van der Waals surface area contributed by atoms with E-state index in [0.717, 1.165) is 28.6 Å². The molecular weight excluding hydrogens is 386 g/mol. The molecule has 0 saturated carbocycles. The van der Waals surface area contributed by atoms with E-state index >= 15 is 0 Å². The zero-order valence-corrected chi connectivity index (χ0v) is 17.3. The minimum Gasteiger partial charge on any atom is -0.292 e. The number of hydrogen-bond donors (Lipinski definition) is 0. The SMILES string of the molecule is CSc1ccc([C@H]2CC(=O)N3CN(Cc4ccccc4)CSC3=C2C#N)cc1. The van der Waals surface area contributed by atoms with Crippen LogP contribution in [0.25, 0.3) is 0 Å². The molecule has 0 bridgehead atoms. The van der Waals surface area contributed by atoms with Crippen LogP contribution in [-0.2, 0) is 11.3 Å². The van der Waals surface area contributed by atoms with Crippen molar-refractivity contribution in [2.45, 2.75) is 23.8 Å². The number of hydrogen-bond acceptors (Lipinski definition) is 5. The molecular formula is C22H21N3OS2. The van der Waals surface area contributed by atoms with Crippen LogP contribution in [0.4, 0.5) is 0 Å². The van der Waals surface area contributed by atoms with Crippen molar-refractivity contribution in [1.29, 1.82) is 5.26 Å². The van der Waals surface area contributed by atoms with Crippen molar-refractivity contribution in [3.63, 3.8) is 0 Å². The Hall–Kier alpha value is -2.20. The molecule has 1 atom stereocenters. The predicted molar refractivity (Wildman–Crippen MR) is 114 cm³/mol. The minimum absolute atomic E-state index is 0.0956. The Morgan fingerprint density at radius 2 is 1.93 bits per heavy atom. The number of thioether (sulfide) groups is 2. The molecule has 2 aliphatic heterocycles. The summed E-state index contributed by atoms with van der Waals surface area (Å²) in [5, 5.41) is 10.7. The van der Waals surface area contributed by atoms with Gasteiger partial charge in [-0.2, -0.15) is 5.26 Å². The van der Waals surface area contributed by atoms with Crippen LogP contribution in [-0.4, -0.2) is 34.5 Å². The molecule has 1 amide bonds. The summed E-state index contributed by atoms with van der Waals surface area (Å²) in [5.41, 5.74) is 3.00. The van der Waals surface area contributed by atoms with E-state index in [1.165, 1.54) is 10.5 Å². The van der Waals surface area contributed by atoms with Crippen LogP contribution < -0.4 is 0 Å². The number of nitriles is 1. The van der Waals surface area contributed by atoms with Crippen molar-refractivity contribution < 1.29 is 4.79 Å². The van der Waals surface area contributed by atoms with Crippen LogP contribution in [0, 0.1) is 11.3 Å². The lowest BCUT2D eigenvalue weighted by Crippen LogP contribution is -2.46. The molecule has 2 aliphatic rings. The largest absolute Gasteiger partial charge is 0.292 e. The van der Waals surface area contributed by atoms with Crippen molar-refractivity contribution in [1.82, 2.24) is 9.80 Å². The fraction of sp³-hybridized carbons (Fsp3) is 0.273. The smallest absolute Gasteiger partial charge is 0.229 e. The average molecular weight is 408 g/mol. The van der Waals surface area contributed by atoms with Gasteiger partial charge in [-0.25, -0.2) is 0 Å². The molecule has 1 fully saturated rings. The standard InChI is InChI=1S/C22H21N3OS2/c1-27-18-9-7-17(8-10-18)19-11-21(26)25-14-24(13-16-5-3-2-4-6-16)15-28-22(25)20(19)12-23/h2-10,19H,11,13-15H2,1H3/t19-/m1/s1. The highest BCUT2D eigenvalue weighted by Gasteiger charge is 2.38. The molecule has 2 aromatic carbocycles. The number of carbonyl (C=O) groups excluding carboxylic acids is 1. The first-order chi connectivity index (χ1) is 13.7. The first-order valence-electron chi connectivity index (χ1n) is 9.17. The van der Waals surface area contributed by atoms with Gasteiger partial charge < -0.3 is 0 Å². The van der Waals surface area contributed by atoms with E-state index in [1.807, 2.05) is 36.6 Å². The van der Waals surface area contributed by atoms with Gasteiger partial charge in [0, 0.05) is 23.8 Å². The summed E-state index contributed by atoms with van der Waals surface area (Å²) in [7, 11) is 0. The second-order valence-corrected chi connectivity index (χ2v) is 8.72. The molecule has 4 nitrogen and oxygen atoms in total. The first-order valence-corrected chi connectivity index (χ1v) is 11.4. The Labute approximate surface area is 174 Å². The van der Waals surface area contributed by atoms with Gasteiger partial charge in [-0.05, 0) is 29.5 Å². The second kappa shape index (κ2) is 8.44. The van der Waals surface area contributed by atoms with Crippen LogP contribution in [0.15, 0.2) is 70.1 Å². The molecule has 0 radical (unpaired) electrons. The zero-order chi connectivity index (χ0) is 19.5. The number of rotatable bonds is 4. The topological polar surface area (TPSA) is 47.3 Å². The van der Waals surface area contributed by atoms with Crippen LogP contribution in [0.3, 0.4) is 0 Å². The molecule has 6 heteroatoms. The lowest BCUT2D eigenvalue weighted by atomic mass is 9.86. The van der Waals surface area contributed by atoms with Gasteiger partial charge in [-0.1, -0.05) is 54.2 Å². The van der Waals surface area contributed by atoms with Gasteiger partial charge in [0.1, 0.15) is 0 Å². The fourth-order valence-corrected chi connectivity index (χ4v) is 5.22. The third-order valence-electron chi connectivity index (χ3n) is 5.12. The summed E-state index contributed by atoms with van der Waals surface area (Å²) in [6, 6.07) is 20.9. The molecule has 0 unspecified atom stereocenters. The highest BCUT2D eigenvalue weighted by Crippen LogP contribution is 2.42. The Bertz CT molecular complexity index is 935. The Kier molecular flexibility index (Phi) is 5.77. The summed E-state index contributed by atoms with van der Waals surface area (Å²) >= 11 is 3.29. The van der Waals surface area contributed by atoms with E-state index in [4.69, 9.17) is 0 Å². The minimum atomic E-state index is -0.146. The van der Waals surface area contributed by atoms with Gasteiger partial charge >= 0.3 is 0 Å². The first kappa shape index (κ1) is 19.1. The molecule has 4 rings (SSSR count). The van der Waals surface area contributed by atoms with E-state index in [-0.39, 0.29) is 11.8 Å². The average Bonchev–Trinajstić information content (AvgIpc) is 2.75. The number of fused-ring (bicyclic) bond motifs is 1. The van der Waals surface area contributed by atoms with Gasteiger partial charge in [0.15, 0.2) is 0 Å². The summed E-state index contributed by atoms with van der Waals surface area (Å²) < 4.78 is 0. The molecule has 0 aliphatic carbocycles. The fourth-order valence-electron chi connectivity index (χ4n) is 3.67. The Morgan fingerprint density at radius 3 is 2.61 bits per heavy atom. The predicted octanol–water partition coefficient (Wildman–Crippen LogP) is 4.62. The third-order valence-corrected chi connectivity index (χ3v) is 7.07. The number of benzene rings is 2. The van der Waals surface area contributed by atoms with Gasteiger partial charge in [0.2, 0.25) is 5.91 Å². The van der Waals surface area contributed by atoms with Crippen molar-refractivity contribution in [2.75, 3.05) is 18.8 Å². The van der Waals surface area contributed by atoms with E-state index in [9.17, 15) is 10.1 Å². The van der Waals surface area contributed by atoms with Crippen molar-refractivity contribution in [3.05, 3.63) is 76.3 Å². The van der Waals surface area contributed by atoms with Crippen molar-refractivity contribution in [3.8, 4) is 6.07 Å². The van der Waals surface area contributed by atoms with Gasteiger partial charge in [-0.15, -0.1) is 11.8 Å². The lowest BCUT2D eigenvalue weighted by molar-refractivity contribution is -0.131. The third kappa shape index (κ3) is 3.83. The zero-order valence-electron chi connectivity index (χ0n) is 15.7. The van der Waals surface area contributed by atoms with Crippen LogP contribution in [0.5, 0.6) is 0 Å². The normalized spacial score (nSPS) is 20.1. The van der Waals surface area contributed by atoms with E-state index in [1.54, 1.807) is 28.4 Å². The number of carbonyl (C=O) groups is 1. The molecule has 0 aromatic heterocycles. The maximum absolute atomic E-state index is 12.9. The van der Waals surface area contributed by atoms with Gasteiger partial charge in [0.05, 0.1) is 29.2 Å². The number of nitrogens with zero attached hydrogens (tertiary/aromatic N) is 3. The molecule has 0 spiro atoms. The molecule has 28 heavy (non-hydrogen) atoms. The molecule has 2 heterocycles. The highest BCUT2D eigenvalue weighted by atomic mass is 32.2. The Morgan fingerprint density at radius 1 is 1.18 bits per heavy atom. The summed E-state index contributed by atoms with van der Waals surface area (Å²) in [6.45, 7) is 1.34. The molecule has 0 N–H and O–H groups in total. The quantitative estimate of drug-likeness (QED) is 0.692. The van der Waals surface area contributed by atoms with Crippen molar-refractivity contribution in [2.24, 2.45) is 0 Å². The maximum Gasteiger partial charge on any atom is 0.229 e. The summed E-state index contributed by atoms with van der Waals surface area (Å²) in [4.78, 5) is 18.1. The van der Waals surface area contributed by atoms with Crippen LogP contribution >= 0.6 is 23.5 Å². The molecule has 142 valence electrons. The Balaban J connectivity index is 1.58. The second-order valence-electron chi connectivity index (χ2n) is 6.91. The van der Waals surface area contributed by atoms with Crippen LogP contribution in [0.1, 0.15) is 23.5 Å². The summed E-state index contributed by atoms with van der Waals surface area (Å²) in [6.07, 6.45) is 2.39. The lowest BCUT2D eigenvalue weighted by Gasteiger charge is -2.41. The van der Waals surface area contributed by atoms with E-state index in [2.05, 4.69) is 35.2 Å². The number of amides is 1. The highest BCUT2D eigenvalue weighted by molar-refractivity contribution is 8.03. The van der Waals surface area contributed by atoms with E-state index < -0.39 is 0 Å². The number of allylic oxidation sites excluding steroid dienone is 1. The molecule has 2 aromatic rings. The summed E-state index contributed by atoms with van der Waals surface area (Å²) in [5.74, 6) is 0.725.